The fraction of sp³-hybridized carbons (Fsp3) is 0.900. The fourth-order valence-corrected chi connectivity index (χ4v) is 2.82. The molecule has 2 rings (SSSR count). The molecule has 0 aromatic carbocycles. The van der Waals surface area contributed by atoms with Crippen molar-refractivity contribution in [3.63, 3.8) is 0 Å². The van der Waals surface area contributed by atoms with E-state index < -0.39 is 0 Å². The first kappa shape index (κ1) is 12.8. The molecule has 1 aromatic rings. The molecule has 1 N–H and O–H groups in total. The minimum absolute atomic E-state index is 0.493. The van der Waals surface area contributed by atoms with Crippen LogP contribution >= 0.6 is 11.8 Å². The van der Waals surface area contributed by atoms with Crippen molar-refractivity contribution in [3.8, 4) is 0 Å². The molecule has 7 heteroatoms. The van der Waals surface area contributed by atoms with Crippen molar-refractivity contribution in [2.45, 2.75) is 36.7 Å². The Balaban J connectivity index is 1.84. The molecule has 1 saturated heterocycles. The second kappa shape index (κ2) is 6.93. The normalized spacial score (nSPS) is 20.6. The molecule has 96 valence electrons. The molecule has 1 aromatic heterocycles. The quantitative estimate of drug-likeness (QED) is 0.751. The number of rotatable bonds is 6. The highest BCUT2D eigenvalue weighted by atomic mass is 32.2. The zero-order valence-electron chi connectivity index (χ0n) is 10.1. The number of hydrogen-bond donors (Lipinski definition) is 1. The third-order valence-electron chi connectivity index (χ3n) is 2.64. The lowest BCUT2D eigenvalue weighted by Gasteiger charge is -2.20. The van der Waals surface area contributed by atoms with Crippen molar-refractivity contribution in [1.29, 1.82) is 0 Å². The van der Waals surface area contributed by atoms with E-state index in [0.29, 0.717) is 5.25 Å². The lowest BCUT2D eigenvalue weighted by Crippen LogP contribution is -2.22. The van der Waals surface area contributed by atoms with Crippen LogP contribution in [0.25, 0.3) is 0 Å². The lowest BCUT2D eigenvalue weighted by atomic mass is 10.2. The second-order valence-electron chi connectivity index (χ2n) is 4.00. The zero-order valence-corrected chi connectivity index (χ0v) is 10.9. The molecule has 0 bridgehead atoms. The van der Waals surface area contributed by atoms with Gasteiger partial charge in [-0.3, -0.25) is 0 Å². The van der Waals surface area contributed by atoms with Gasteiger partial charge < -0.3 is 10.1 Å². The van der Waals surface area contributed by atoms with Gasteiger partial charge in [-0.2, -0.15) is 0 Å². The van der Waals surface area contributed by atoms with Gasteiger partial charge in [-0.25, -0.2) is 4.68 Å². The maximum Gasteiger partial charge on any atom is 0.209 e. The van der Waals surface area contributed by atoms with Crippen LogP contribution in [0.3, 0.4) is 0 Å². The SMILES string of the molecule is CCNCCn1nnnc1SC1CCCOC1. The molecule has 1 aliphatic rings. The second-order valence-corrected chi connectivity index (χ2v) is 5.26. The average molecular weight is 257 g/mol. The molecule has 0 aliphatic carbocycles. The van der Waals surface area contributed by atoms with E-state index in [-0.39, 0.29) is 0 Å². The number of ether oxygens (including phenoxy) is 1. The summed E-state index contributed by atoms with van der Waals surface area (Å²) >= 11 is 1.73. The number of nitrogens with zero attached hydrogens (tertiary/aromatic N) is 4. The topological polar surface area (TPSA) is 64.9 Å². The summed E-state index contributed by atoms with van der Waals surface area (Å²) in [6.45, 7) is 6.48. The van der Waals surface area contributed by atoms with Crippen LogP contribution in [0.2, 0.25) is 0 Å². The summed E-state index contributed by atoms with van der Waals surface area (Å²) in [4.78, 5) is 0. The third-order valence-corrected chi connectivity index (χ3v) is 3.85. The van der Waals surface area contributed by atoms with Gasteiger partial charge in [0.2, 0.25) is 5.16 Å². The Hall–Kier alpha value is -0.660. The summed E-state index contributed by atoms with van der Waals surface area (Å²) in [5.41, 5.74) is 0. The smallest absolute Gasteiger partial charge is 0.209 e. The van der Waals surface area contributed by atoms with Crippen molar-refractivity contribution < 1.29 is 4.74 Å². The van der Waals surface area contributed by atoms with Crippen LogP contribution in [0.1, 0.15) is 19.8 Å². The van der Waals surface area contributed by atoms with E-state index in [2.05, 4.69) is 27.8 Å². The first-order chi connectivity index (χ1) is 8.40. The van der Waals surface area contributed by atoms with Crippen LogP contribution in [-0.2, 0) is 11.3 Å². The molecule has 17 heavy (non-hydrogen) atoms. The number of hydrogen-bond acceptors (Lipinski definition) is 6. The summed E-state index contributed by atoms with van der Waals surface area (Å²) in [7, 11) is 0. The summed E-state index contributed by atoms with van der Waals surface area (Å²) in [5, 5.41) is 16.5. The zero-order chi connectivity index (χ0) is 11.9. The van der Waals surface area contributed by atoms with E-state index in [1.807, 2.05) is 4.68 Å². The van der Waals surface area contributed by atoms with E-state index in [9.17, 15) is 0 Å². The van der Waals surface area contributed by atoms with Crippen LogP contribution in [-0.4, -0.2) is 51.8 Å². The molecule has 1 aliphatic heterocycles. The van der Waals surface area contributed by atoms with Crippen LogP contribution in [0.15, 0.2) is 5.16 Å². The van der Waals surface area contributed by atoms with E-state index in [1.54, 1.807) is 11.8 Å². The fourth-order valence-electron chi connectivity index (χ4n) is 1.74. The number of aromatic nitrogens is 4. The molecular weight excluding hydrogens is 238 g/mol. The van der Waals surface area contributed by atoms with Crippen molar-refractivity contribution in [2.24, 2.45) is 0 Å². The molecule has 2 heterocycles. The Labute approximate surface area is 105 Å². The van der Waals surface area contributed by atoms with Crippen LogP contribution in [0.4, 0.5) is 0 Å². The van der Waals surface area contributed by atoms with Crippen molar-refractivity contribution >= 4 is 11.8 Å². The van der Waals surface area contributed by atoms with Crippen LogP contribution < -0.4 is 5.32 Å². The Bertz CT molecular complexity index is 326. The highest BCUT2D eigenvalue weighted by Gasteiger charge is 2.18. The Morgan fingerprint density at radius 1 is 1.59 bits per heavy atom. The maximum absolute atomic E-state index is 5.46. The van der Waals surface area contributed by atoms with Gasteiger partial charge in [-0.05, 0) is 29.8 Å². The molecule has 6 nitrogen and oxygen atoms in total. The van der Waals surface area contributed by atoms with Crippen LogP contribution in [0.5, 0.6) is 0 Å². The molecule has 0 spiro atoms. The van der Waals surface area contributed by atoms with Crippen molar-refractivity contribution in [1.82, 2.24) is 25.5 Å². The first-order valence-electron chi connectivity index (χ1n) is 6.11. The first-order valence-corrected chi connectivity index (χ1v) is 6.99. The molecule has 1 atom stereocenters. The third kappa shape index (κ3) is 3.93. The van der Waals surface area contributed by atoms with E-state index >= 15 is 0 Å². The Kier molecular flexibility index (Phi) is 5.21. The molecule has 0 radical (unpaired) electrons. The van der Waals surface area contributed by atoms with Gasteiger partial charge in [0, 0.05) is 18.4 Å². The molecule has 0 saturated carbocycles. The number of tetrazole rings is 1. The van der Waals surface area contributed by atoms with E-state index in [1.165, 1.54) is 6.42 Å². The van der Waals surface area contributed by atoms with Gasteiger partial charge in [0.1, 0.15) is 0 Å². The monoisotopic (exact) mass is 257 g/mol. The standard InChI is InChI=1S/C10H19N5OS/c1-2-11-5-6-15-10(12-13-14-15)17-9-4-3-7-16-8-9/h9,11H,2-8H2,1H3. The van der Waals surface area contributed by atoms with Crippen molar-refractivity contribution in [3.05, 3.63) is 0 Å². The predicted molar refractivity (Wildman–Crippen MR) is 66.1 cm³/mol. The maximum atomic E-state index is 5.46. The Morgan fingerprint density at radius 3 is 3.29 bits per heavy atom. The average Bonchev–Trinajstić information content (AvgIpc) is 2.79. The predicted octanol–water partition coefficient (Wildman–Crippen LogP) is 0.554. The van der Waals surface area contributed by atoms with Crippen LogP contribution in [0, 0.1) is 0 Å². The lowest BCUT2D eigenvalue weighted by molar-refractivity contribution is 0.101. The minimum Gasteiger partial charge on any atom is -0.380 e. The summed E-state index contributed by atoms with van der Waals surface area (Å²) in [6.07, 6.45) is 2.32. The number of nitrogens with one attached hydrogen (secondary N) is 1. The number of thioether (sulfide) groups is 1. The van der Waals surface area contributed by atoms with Gasteiger partial charge in [0.25, 0.3) is 0 Å². The number of likely N-dealkylation sites (N-methyl/N-ethyl adjacent to an activating group) is 1. The molecule has 1 fully saturated rings. The van der Waals surface area contributed by atoms with Gasteiger partial charge in [0.05, 0.1) is 13.2 Å². The molecular formula is C10H19N5OS. The molecule has 1 unspecified atom stereocenters. The van der Waals surface area contributed by atoms with Crippen molar-refractivity contribution in [2.75, 3.05) is 26.3 Å². The van der Waals surface area contributed by atoms with E-state index in [0.717, 1.165) is 44.4 Å². The highest BCUT2D eigenvalue weighted by Crippen LogP contribution is 2.26. The summed E-state index contributed by atoms with van der Waals surface area (Å²) in [6, 6.07) is 0. The van der Waals surface area contributed by atoms with Gasteiger partial charge in [-0.1, -0.05) is 18.7 Å². The van der Waals surface area contributed by atoms with Gasteiger partial charge >= 0.3 is 0 Å². The molecule has 0 amide bonds. The van der Waals surface area contributed by atoms with Gasteiger partial charge in [0.15, 0.2) is 0 Å². The Morgan fingerprint density at radius 2 is 2.53 bits per heavy atom. The van der Waals surface area contributed by atoms with Gasteiger partial charge in [-0.15, -0.1) is 5.10 Å². The highest BCUT2D eigenvalue weighted by molar-refractivity contribution is 7.99. The van der Waals surface area contributed by atoms with E-state index in [4.69, 9.17) is 4.74 Å². The largest absolute Gasteiger partial charge is 0.380 e. The minimum atomic E-state index is 0.493. The summed E-state index contributed by atoms with van der Waals surface area (Å²) < 4.78 is 7.32. The summed E-state index contributed by atoms with van der Waals surface area (Å²) in [5.74, 6) is 0.